The predicted molar refractivity (Wildman–Crippen MR) is 102 cm³/mol. The molecule has 0 aromatic heterocycles. The summed E-state index contributed by atoms with van der Waals surface area (Å²) in [5, 5.41) is 4.17. The Morgan fingerprint density at radius 1 is 1.17 bits per heavy atom. The van der Waals surface area contributed by atoms with Gasteiger partial charge in [-0.15, -0.1) is 0 Å². The molecule has 0 radical (unpaired) electrons. The van der Waals surface area contributed by atoms with Gasteiger partial charge in [0.05, 0.1) is 17.3 Å². The van der Waals surface area contributed by atoms with E-state index in [4.69, 9.17) is 23.2 Å². The molecule has 0 saturated carbocycles. The Morgan fingerprint density at radius 2 is 1.83 bits per heavy atom. The van der Waals surface area contributed by atoms with Crippen LogP contribution in [0, 0.1) is 13.8 Å². The SMILES string of the molecule is Cc1cc(C)c(NC(=O)CN(C)C(C)c2ccccc2Cl)c(Cl)c1. The van der Waals surface area contributed by atoms with Gasteiger partial charge in [-0.3, -0.25) is 9.69 Å². The van der Waals surface area contributed by atoms with Gasteiger partial charge in [0.2, 0.25) is 5.91 Å². The number of likely N-dealkylation sites (N-methyl/N-ethyl adjacent to an activating group) is 1. The fraction of sp³-hybridized carbons (Fsp3) is 0.316. The minimum atomic E-state index is -0.106. The van der Waals surface area contributed by atoms with Crippen LogP contribution in [0.25, 0.3) is 0 Å². The third-order valence-corrected chi connectivity index (χ3v) is 4.75. The van der Waals surface area contributed by atoms with Crippen molar-refractivity contribution in [2.75, 3.05) is 18.9 Å². The van der Waals surface area contributed by atoms with Crippen LogP contribution in [0.5, 0.6) is 0 Å². The normalized spacial score (nSPS) is 12.3. The van der Waals surface area contributed by atoms with Crippen molar-refractivity contribution >= 4 is 34.8 Å². The number of amides is 1. The minimum absolute atomic E-state index is 0.0269. The third-order valence-electron chi connectivity index (χ3n) is 4.11. The Balaban J connectivity index is 2.06. The van der Waals surface area contributed by atoms with Gasteiger partial charge in [0.15, 0.2) is 0 Å². The lowest BCUT2D eigenvalue weighted by Crippen LogP contribution is -2.32. The molecule has 1 atom stereocenters. The van der Waals surface area contributed by atoms with E-state index in [1.807, 2.05) is 69.1 Å². The molecular weight excluding hydrogens is 343 g/mol. The minimum Gasteiger partial charge on any atom is -0.323 e. The van der Waals surface area contributed by atoms with Crippen LogP contribution in [0.1, 0.15) is 29.7 Å². The summed E-state index contributed by atoms with van der Waals surface area (Å²) in [6, 6.07) is 11.5. The maximum absolute atomic E-state index is 12.4. The maximum atomic E-state index is 12.4. The van der Waals surface area contributed by atoms with E-state index >= 15 is 0 Å². The molecule has 1 N–H and O–H groups in total. The first-order chi connectivity index (χ1) is 11.3. The van der Waals surface area contributed by atoms with Crippen LogP contribution < -0.4 is 5.32 Å². The summed E-state index contributed by atoms with van der Waals surface area (Å²) in [5.74, 6) is -0.106. The van der Waals surface area contributed by atoms with Crippen molar-refractivity contribution < 1.29 is 4.79 Å². The molecule has 0 fully saturated rings. The highest BCUT2D eigenvalue weighted by Crippen LogP contribution is 2.28. The second kappa shape index (κ2) is 8.02. The Bertz CT molecular complexity index is 723. The molecule has 2 rings (SSSR count). The molecule has 0 aliphatic rings. The van der Waals surface area contributed by atoms with Crippen LogP contribution in [-0.2, 0) is 4.79 Å². The van der Waals surface area contributed by atoms with Crippen LogP contribution in [-0.4, -0.2) is 24.4 Å². The van der Waals surface area contributed by atoms with E-state index < -0.39 is 0 Å². The van der Waals surface area contributed by atoms with Crippen LogP contribution >= 0.6 is 23.2 Å². The van der Waals surface area contributed by atoms with Crippen LogP contribution in [0.4, 0.5) is 5.69 Å². The molecule has 0 aliphatic heterocycles. The van der Waals surface area contributed by atoms with E-state index in [1.54, 1.807) is 0 Å². The first-order valence-electron chi connectivity index (χ1n) is 7.81. The van der Waals surface area contributed by atoms with Crippen molar-refractivity contribution in [2.24, 2.45) is 0 Å². The summed E-state index contributed by atoms with van der Waals surface area (Å²) < 4.78 is 0. The summed E-state index contributed by atoms with van der Waals surface area (Å²) in [5.41, 5.74) is 3.69. The average Bonchev–Trinajstić information content (AvgIpc) is 2.50. The summed E-state index contributed by atoms with van der Waals surface area (Å²) >= 11 is 12.5. The van der Waals surface area contributed by atoms with Gasteiger partial charge in [0.1, 0.15) is 0 Å². The smallest absolute Gasteiger partial charge is 0.238 e. The van der Waals surface area contributed by atoms with Gasteiger partial charge in [0.25, 0.3) is 0 Å². The fourth-order valence-electron chi connectivity index (χ4n) is 2.67. The number of nitrogens with one attached hydrogen (secondary N) is 1. The number of nitrogens with zero attached hydrogens (tertiary/aromatic N) is 1. The van der Waals surface area contributed by atoms with Crippen LogP contribution in [0.15, 0.2) is 36.4 Å². The number of carbonyl (C=O) groups is 1. The summed E-state index contributed by atoms with van der Waals surface area (Å²) in [7, 11) is 1.90. The maximum Gasteiger partial charge on any atom is 0.238 e. The van der Waals surface area contributed by atoms with E-state index in [2.05, 4.69) is 5.32 Å². The molecule has 0 heterocycles. The largest absolute Gasteiger partial charge is 0.323 e. The fourth-order valence-corrected chi connectivity index (χ4v) is 3.33. The zero-order valence-electron chi connectivity index (χ0n) is 14.4. The van der Waals surface area contributed by atoms with Crippen LogP contribution in [0.3, 0.4) is 0 Å². The predicted octanol–water partition coefficient (Wildman–Crippen LogP) is 5.24. The number of aryl methyl sites for hydroxylation is 2. The van der Waals surface area contributed by atoms with Gasteiger partial charge in [-0.2, -0.15) is 0 Å². The average molecular weight is 365 g/mol. The van der Waals surface area contributed by atoms with Gasteiger partial charge in [-0.05, 0) is 56.6 Å². The van der Waals surface area contributed by atoms with E-state index in [0.717, 1.165) is 16.7 Å². The van der Waals surface area contributed by atoms with Crippen molar-refractivity contribution in [1.29, 1.82) is 0 Å². The lowest BCUT2D eigenvalue weighted by atomic mass is 10.1. The first kappa shape index (κ1) is 18.8. The van der Waals surface area contributed by atoms with Gasteiger partial charge in [0, 0.05) is 11.1 Å². The summed E-state index contributed by atoms with van der Waals surface area (Å²) in [6.45, 7) is 6.18. The van der Waals surface area contributed by atoms with Crippen molar-refractivity contribution in [3.05, 3.63) is 63.1 Å². The third kappa shape index (κ3) is 4.50. The van der Waals surface area contributed by atoms with Crippen LogP contribution in [0.2, 0.25) is 10.0 Å². The van der Waals surface area contributed by atoms with Crippen molar-refractivity contribution in [3.63, 3.8) is 0 Å². The molecule has 2 aromatic rings. The lowest BCUT2D eigenvalue weighted by Gasteiger charge is -2.25. The molecule has 0 aliphatic carbocycles. The van der Waals surface area contributed by atoms with Crippen molar-refractivity contribution in [1.82, 2.24) is 4.90 Å². The highest BCUT2D eigenvalue weighted by Gasteiger charge is 2.18. The number of halogens is 2. The number of carbonyl (C=O) groups excluding carboxylic acids is 1. The quantitative estimate of drug-likeness (QED) is 0.786. The summed E-state index contributed by atoms with van der Waals surface area (Å²) in [4.78, 5) is 14.3. The molecule has 3 nitrogen and oxygen atoms in total. The number of benzene rings is 2. The molecule has 24 heavy (non-hydrogen) atoms. The Morgan fingerprint density at radius 3 is 2.46 bits per heavy atom. The highest BCUT2D eigenvalue weighted by molar-refractivity contribution is 6.34. The van der Waals surface area contributed by atoms with E-state index in [-0.39, 0.29) is 18.5 Å². The number of rotatable bonds is 5. The second-order valence-electron chi connectivity index (χ2n) is 6.10. The Kier molecular flexibility index (Phi) is 6.27. The van der Waals surface area contributed by atoms with E-state index in [1.165, 1.54) is 0 Å². The Labute approximate surface area is 153 Å². The standard InChI is InChI=1S/C19H22Cl2N2O/c1-12-9-13(2)19(17(21)10-12)22-18(24)11-23(4)14(3)15-7-5-6-8-16(15)20/h5-10,14H,11H2,1-4H3,(H,22,24). The number of anilines is 1. The molecular formula is C19H22Cl2N2O. The van der Waals surface area contributed by atoms with Crippen molar-refractivity contribution in [3.8, 4) is 0 Å². The first-order valence-corrected chi connectivity index (χ1v) is 8.56. The molecule has 128 valence electrons. The molecule has 0 saturated heterocycles. The molecule has 1 amide bonds. The molecule has 0 bridgehead atoms. The zero-order chi connectivity index (χ0) is 17.9. The number of hydrogen-bond acceptors (Lipinski definition) is 2. The number of hydrogen-bond donors (Lipinski definition) is 1. The zero-order valence-corrected chi connectivity index (χ0v) is 15.9. The molecule has 5 heteroatoms. The van der Waals surface area contributed by atoms with E-state index in [0.29, 0.717) is 15.7 Å². The summed E-state index contributed by atoms with van der Waals surface area (Å²) in [6.07, 6.45) is 0. The molecule has 2 aromatic carbocycles. The van der Waals surface area contributed by atoms with Gasteiger partial charge >= 0.3 is 0 Å². The topological polar surface area (TPSA) is 32.3 Å². The van der Waals surface area contributed by atoms with Gasteiger partial charge in [-0.1, -0.05) is 47.5 Å². The monoisotopic (exact) mass is 364 g/mol. The van der Waals surface area contributed by atoms with Crippen molar-refractivity contribution in [2.45, 2.75) is 26.8 Å². The lowest BCUT2D eigenvalue weighted by molar-refractivity contribution is -0.117. The second-order valence-corrected chi connectivity index (χ2v) is 6.91. The highest BCUT2D eigenvalue weighted by atomic mass is 35.5. The molecule has 1 unspecified atom stereocenters. The van der Waals surface area contributed by atoms with Gasteiger partial charge < -0.3 is 5.32 Å². The molecule has 0 spiro atoms. The van der Waals surface area contributed by atoms with E-state index in [9.17, 15) is 4.79 Å². The Hall–Kier alpha value is -1.55. The van der Waals surface area contributed by atoms with Gasteiger partial charge in [-0.25, -0.2) is 0 Å².